The minimum Gasteiger partial charge on any atom is -0.465 e. The molecule has 0 fully saturated rings. The molecule has 0 bridgehead atoms. The maximum atomic E-state index is 11.3. The first-order valence-corrected chi connectivity index (χ1v) is 7.07. The molecule has 0 aliphatic rings. The van der Waals surface area contributed by atoms with E-state index >= 15 is 0 Å². The normalized spacial score (nSPS) is 10.3. The topological polar surface area (TPSA) is 64.1 Å². The van der Waals surface area contributed by atoms with Gasteiger partial charge in [0.05, 0.1) is 19.9 Å². The lowest BCUT2D eigenvalue weighted by Crippen LogP contribution is -1.98. The fourth-order valence-electron chi connectivity index (χ4n) is 1.30. The van der Waals surface area contributed by atoms with Crippen LogP contribution in [0.25, 0.3) is 0 Å². The molecule has 1 N–H and O–H groups in total. The summed E-state index contributed by atoms with van der Waals surface area (Å²) in [5.74, 6) is -0.358. The van der Waals surface area contributed by atoms with Gasteiger partial charge >= 0.3 is 5.97 Å². The third-order valence-corrected chi connectivity index (χ3v) is 4.31. The van der Waals surface area contributed by atoms with Gasteiger partial charge in [0.1, 0.15) is 9.88 Å². The Morgan fingerprint density at radius 3 is 2.89 bits per heavy atom. The summed E-state index contributed by atoms with van der Waals surface area (Å²) in [4.78, 5) is 21.4. The number of hydrogen-bond donors (Lipinski definition) is 1. The third kappa shape index (κ3) is 3.05. The highest BCUT2D eigenvalue weighted by atomic mass is 32.1. The first-order chi connectivity index (χ1) is 8.72. The van der Waals surface area contributed by atoms with Gasteiger partial charge in [0.25, 0.3) is 0 Å². The van der Waals surface area contributed by atoms with E-state index in [1.807, 2.05) is 6.20 Å². The van der Waals surface area contributed by atoms with Crippen LogP contribution in [-0.4, -0.2) is 23.0 Å². The van der Waals surface area contributed by atoms with Crippen molar-refractivity contribution in [2.45, 2.75) is 19.9 Å². The highest BCUT2D eigenvalue weighted by Crippen LogP contribution is 2.20. The van der Waals surface area contributed by atoms with E-state index in [1.54, 1.807) is 11.3 Å². The predicted octanol–water partition coefficient (Wildman–Crippen LogP) is 2.56. The second-order valence-electron chi connectivity index (χ2n) is 3.45. The maximum absolute atomic E-state index is 11.3. The zero-order valence-corrected chi connectivity index (χ0v) is 11.7. The van der Waals surface area contributed by atoms with Crippen LogP contribution < -0.4 is 5.32 Å². The Balaban J connectivity index is 1.93. The van der Waals surface area contributed by atoms with E-state index < -0.39 is 0 Å². The average molecular weight is 283 g/mol. The van der Waals surface area contributed by atoms with Gasteiger partial charge in [-0.3, -0.25) is 0 Å². The van der Waals surface area contributed by atoms with Crippen LogP contribution in [-0.2, 0) is 17.7 Å². The first kappa shape index (κ1) is 13.0. The second-order valence-corrected chi connectivity index (χ2v) is 5.68. The van der Waals surface area contributed by atoms with E-state index in [0.29, 0.717) is 16.6 Å². The van der Waals surface area contributed by atoms with Crippen LogP contribution >= 0.6 is 22.7 Å². The number of rotatable bonds is 5. The molecule has 0 aliphatic heterocycles. The fraction of sp³-hybridized carbons (Fsp3) is 0.364. The molecule has 0 atom stereocenters. The summed E-state index contributed by atoms with van der Waals surface area (Å²) >= 11 is 2.96. The Labute approximate surface area is 113 Å². The molecular formula is C11H13N3O2S2. The van der Waals surface area contributed by atoms with Gasteiger partial charge in [-0.15, -0.1) is 11.3 Å². The molecule has 5 nitrogen and oxygen atoms in total. The summed E-state index contributed by atoms with van der Waals surface area (Å²) in [6, 6.07) is 0. The fourth-order valence-corrected chi connectivity index (χ4v) is 2.83. The molecule has 2 aromatic rings. The highest BCUT2D eigenvalue weighted by Gasteiger charge is 2.10. The van der Waals surface area contributed by atoms with E-state index in [-0.39, 0.29) is 5.97 Å². The third-order valence-electron chi connectivity index (χ3n) is 2.23. The van der Waals surface area contributed by atoms with Crippen LogP contribution in [0.5, 0.6) is 0 Å². The van der Waals surface area contributed by atoms with Crippen molar-refractivity contribution in [3.8, 4) is 0 Å². The largest absolute Gasteiger partial charge is 0.465 e. The van der Waals surface area contributed by atoms with Crippen LogP contribution in [0.3, 0.4) is 0 Å². The average Bonchev–Trinajstić information content (AvgIpc) is 3.04. The zero-order valence-electron chi connectivity index (χ0n) is 10.1. The van der Waals surface area contributed by atoms with Crippen molar-refractivity contribution in [1.82, 2.24) is 9.97 Å². The molecule has 0 aliphatic carbocycles. The number of hydrogen-bond acceptors (Lipinski definition) is 7. The second kappa shape index (κ2) is 5.92. The number of aryl methyl sites for hydroxylation is 1. The van der Waals surface area contributed by atoms with Crippen molar-refractivity contribution in [1.29, 1.82) is 0 Å². The highest BCUT2D eigenvalue weighted by molar-refractivity contribution is 7.17. The number of carbonyl (C=O) groups is 1. The van der Waals surface area contributed by atoms with Gasteiger partial charge in [0.15, 0.2) is 5.13 Å². The summed E-state index contributed by atoms with van der Waals surface area (Å²) in [5, 5.41) is 4.86. The summed E-state index contributed by atoms with van der Waals surface area (Å²) in [6.07, 6.45) is 4.41. The minimum absolute atomic E-state index is 0.358. The minimum atomic E-state index is -0.358. The molecule has 0 radical (unpaired) electrons. The van der Waals surface area contributed by atoms with Crippen molar-refractivity contribution in [2.24, 2.45) is 0 Å². The molecule has 2 heterocycles. The number of methoxy groups -OCH3 is 1. The molecule has 0 saturated heterocycles. The van der Waals surface area contributed by atoms with E-state index in [1.165, 1.54) is 29.5 Å². The number of aromatic nitrogens is 2. The van der Waals surface area contributed by atoms with Crippen molar-refractivity contribution in [3.63, 3.8) is 0 Å². The standard InChI is InChI=1S/C11H13N3O2S2/c1-3-7-4-12-9(17-7)6-14-11-13-5-8(18-11)10(15)16-2/h4-5H,3,6H2,1-2H3,(H,13,14). The van der Waals surface area contributed by atoms with Crippen molar-refractivity contribution < 1.29 is 9.53 Å². The van der Waals surface area contributed by atoms with E-state index in [2.05, 4.69) is 26.9 Å². The number of esters is 1. The lowest BCUT2D eigenvalue weighted by Gasteiger charge is -1.97. The van der Waals surface area contributed by atoms with E-state index in [0.717, 1.165) is 11.4 Å². The van der Waals surface area contributed by atoms with Crippen molar-refractivity contribution in [2.75, 3.05) is 12.4 Å². The molecule has 2 rings (SSSR count). The summed E-state index contributed by atoms with van der Waals surface area (Å²) < 4.78 is 4.62. The van der Waals surface area contributed by atoms with Gasteiger partial charge in [0.2, 0.25) is 0 Å². The van der Waals surface area contributed by atoms with E-state index in [4.69, 9.17) is 0 Å². The number of ether oxygens (including phenoxy) is 1. The smallest absolute Gasteiger partial charge is 0.349 e. The lowest BCUT2D eigenvalue weighted by atomic mass is 10.4. The molecule has 0 spiro atoms. The number of carbonyl (C=O) groups excluding carboxylic acids is 1. The quantitative estimate of drug-likeness (QED) is 0.854. The number of nitrogens with zero attached hydrogens (tertiary/aromatic N) is 2. The summed E-state index contributed by atoms with van der Waals surface area (Å²) in [5.41, 5.74) is 0. The molecule has 18 heavy (non-hydrogen) atoms. The Bertz CT molecular complexity index is 536. The Hall–Kier alpha value is -1.47. The number of nitrogens with one attached hydrogen (secondary N) is 1. The SMILES string of the molecule is CCc1cnc(CNc2ncc(C(=O)OC)s2)s1. The van der Waals surface area contributed by atoms with Gasteiger partial charge in [0, 0.05) is 11.1 Å². The van der Waals surface area contributed by atoms with Crippen molar-refractivity contribution in [3.05, 3.63) is 27.2 Å². The monoisotopic (exact) mass is 283 g/mol. The number of thiazole rings is 2. The molecule has 7 heteroatoms. The predicted molar refractivity (Wildman–Crippen MR) is 72.3 cm³/mol. The van der Waals surface area contributed by atoms with Crippen LogP contribution in [0.1, 0.15) is 26.5 Å². The molecule has 2 aromatic heterocycles. The molecule has 96 valence electrons. The molecule has 0 unspecified atom stereocenters. The molecule has 0 aromatic carbocycles. The van der Waals surface area contributed by atoms with Gasteiger partial charge < -0.3 is 10.1 Å². The summed E-state index contributed by atoms with van der Waals surface area (Å²) in [6.45, 7) is 2.73. The molecular weight excluding hydrogens is 270 g/mol. The van der Waals surface area contributed by atoms with Crippen LogP contribution in [0, 0.1) is 0 Å². The lowest BCUT2D eigenvalue weighted by molar-refractivity contribution is 0.0606. The Morgan fingerprint density at radius 1 is 1.39 bits per heavy atom. The maximum Gasteiger partial charge on any atom is 0.349 e. The van der Waals surface area contributed by atoms with Gasteiger partial charge in [-0.05, 0) is 6.42 Å². The van der Waals surface area contributed by atoms with Crippen LogP contribution in [0.15, 0.2) is 12.4 Å². The Kier molecular flexibility index (Phi) is 4.27. The van der Waals surface area contributed by atoms with Crippen LogP contribution in [0.2, 0.25) is 0 Å². The van der Waals surface area contributed by atoms with Gasteiger partial charge in [-0.2, -0.15) is 0 Å². The molecule has 0 amide bonds. The Morgan fingerprint density at radius 2 is 2.22 bits per heavy atom. The molecule has 0 saturated carbocycles. The zero-order chi connectivity index (χ0) is 13.0. The van der Waals surface area contributed by atoms with Gasteiger partial charge in [-0.1, -0.05) is 18.3 Å². The van der Waals surface area contributed by atoms with Crippen LogP contribution in [0.4, 0.5) is 5.13 Å². The first-order valence-electron chi connectivity index (χ1n) is 5.44. The van der Waals surface area contributed by atoms with E-state index in [9.17, 15) is 4.79 Å². The summed E-state index contributed by atoms with van der Waals surface area (Å²) in [7, 11) is 1.36. The van der Waals surface area contributed by atoms with Crippen molar-refractivity contribution >= 4 is 33.8 Å². The number of anilines is 1. The van der Waals surface area contributed by atoms with Gasteiger partial charge in [-0.25, -0.2) is 14.8 Å².